The van der Waals surface area contributed by atoms with E-state index in [4.69, 9.17) is 16.1 Å². The van der Waals surface area contributed by atoms with Crippen LogP contribution in [0.1, 0.15) is 0 Å². The van der Waals surface area contributed by atoms with E-state index >= 15 is 0 Å². The molecule has 0 saturated carbocycles. The van der Waals surface area contributed by atoms with Gasteiger partial charge in [-0.25, -0.2) is 0 Å². The maximum absolute atomic E-state index is 5.87. The van der Waals surface area contributed by atoms with Crippen molar-refractivity contribution in [2.45, 2.75) is 0 Å². The van der Waals surface area contributed by atoms with Crippen LogP contribution in [0.4, 0.5) is 0 Å². The molecule has 0 aliphatic heterocycles. The van der Waals surface area contributed by atoms with E-state index in [0.29, 0.717) is 0 Å². The highest BCUT2D eigenvalue weighted by atomic mass is 127. The van der Waals surface area contributed by atoms with Crippen LogP contribution in [0, 0.1) is 3.57 Å². The second-order valence-electron chi connectivity index (χ2n) is 3.68. The molecule has 84 valence electrons. The maximum Gasteiger partial charge on any atom is 0.167 e. The molecule has 0 fully saturated rings. The van der Waals surface area contributed by atoms with E-state index in [0.717, 1.165) is 30.8 Å². The first kappa shape index (κ1) is 11.0. The van der Waals surface area contributed by atoms with Gasteiger partial charge in [0.15, 0.2) is 5.58 Å². The molecule has 1 heterocycles. The molecule has 3 aromatic rings. The third kappa shape index (κ3) is 2.05. The highest BCUT2D eigenvalue weighted by Crippen LogP contribution is 2.29. The normalized spacial score (nSPS) is 10.9. The van der Waals surface area contributed by atoms with E-state index < -0.39 is 0 Å². The molecular weight excluding hydrogens is 349 g/mol. The maximum atomic E-state index is 5.87. The van der Waals surface area contributed by atoms with Crippen molar-refractivity contribution in [3.63, 3.8) is 0 Å². The van der Waals surface area contributed by atoms with Gasteiger partial charge in [0, 0.05) is 14.2 Å². The second kappa shape index (κ2) is 4.31. The van der Waals surface area contributed by atoms with E-state index in [1.165, 1.54) is 0 Å². The first-order chi connectivity index (χ1) is 8.24. The molecule has 4 heteroatoms. The molecule has 0 unspecified atom stereocenters. The van der Waals surface area contributed by atoms with Crippen molar-refractivity contribution >= 4 is 45.2 Å². The van der Waals surface area contributed by atoms with Gasteiger partial charge in [-0.2, -0.15) is 0 Å². The molecule has 0 atom stereocenters. The lowest BCUT2D eigenvalue weighted by atomic mass is 10.1. The molecule has 0 aliphatic rings. The Hall–Kier alpha value is -1.07. The topological polar surface area (TPSA) is 26.0 Å². The van der Waals surface area contributed by atoms with Crippen LogP contribution < -0.4 is 0 Å². The molecule has 2 nitrogen and oxygen atoms in total. The Morgan fingerprint density at radius 2 is 1.82 bits per heavy atom. The summed E-state index contributed by atoms with van der Waals surface area (Å²) >= 11 is 8.15. The van der Waals surface area contributed by atoms with Gasteiger partial charge in [0.25, 0.3) is 0 Å². The molecule has 0 bridgehead atoms. The highest BCUT2D eigenvalue weighted by Gasteiger charge is 2.10. The van der Waals surface area contributed by atoms with E-state index in [1.54, 1.807) is 0 Å². The number of halogens is 2. The van der Waals surface area contributed by atoms with Crippen LogP contribution in [0.3, 0.4) is 0 Å². The van der Waals surface area contributed by atoms with Gasteiger partial charge in [0.05, 0.1) is 5.39 Å². The fraction of sp³-hybridized carbons (Fsp3) is 0. The van der Waals surface area contributed by atoms with Crippen LogP contribution >= 0.6 is 34.2 Å². The van der Waals surface area contributed by atoms with Crippen LogP contribution in [0.2, 0.25) is 5.02 Å². The van der Waals surface area contributed by atoms with E-state index in [1.807, 2.05) is 36.4 Å². The second-order valence-corrected chi connectivity index (χ2v) is 5.36. The van der Waals surface area contributed by atoms with Crippen molar-refractivity contribution in [2.75, 3.05) is 0 Å². The Balaban J connectivity index is 2.23. The summed E-state index contributed by atoms with van der Waals surface area (Å²) < 4.78 is 6.46. The van der Waals surface area contributed by atoms with Crippen LogP contribution in [-0.4, -0.2) is 5.16 Å². The minimum Gasteiger partial charge on any atom is -0.356 e. The quantitative estimate of drug-likeness (QED) is 0.589. The summed E-state index contributed by atoms with van der Waals surface area (Å²) in [7, 11) is 0. The third-order valence-electron chi connectivity index (χ3n) is 2.55. The zero-order chi connectivity index (χ0) is 11.8. The molecule has 0 radical (unpaired) electrons. The molecular formula is C13H7ClINO. The van der Waals surface area contributed by atoms with Gasteiger partial charge in [-0.1, -0.05) is 28.9 Å². The number of benzene rings is 2. The lowest BCUT2D eigenvalue weighted by Gasteiger charge is -1.97. The molecule has 2 aromatic carbocycles. The summed E-state index contributed by atoms with van der Waals surface area (Å²) in [6.45, 7) is 0. The van der Waals surface area contributed by atoms with E-state index in [-0.39, 0.29) is 0 Å². The zero-order valence-electron chi connectivity index (χ0n) is 8.65. The average Bonchev–Trinajstić information content (AvgIpc) is 2.73. The molecule has 3 rings (SSSR count). The highest BCUT2D eigenvalue weighted by molar-refractivity contribution is 14.1. The third-order valence-corrected chi connectivity index (χ3v) is 3.47. The summed E-state index contributed by atoms with van der Waals surface area (Å²) in [6, 6.07) is 13.6. The predicted molar refractivity (Wildman–Crippen MR) is 77.2 cm³/mol. The van der Waals surface area contributed by atoms with Crippen molar-refractivity contribution in [3.05, 3.63) is 51.1 Å². The molecule has 0 saturated heterocycles. The summed E-state index contributed by atoms with van der Waals surface area (Å²) in [6.07, 6.45) is 0. The van der Waals surface area contributed by atoms with Crippen molar-refractivity contribution < 1.29 is 4.52 Å². The first-order valence-corrected chi connectivity index (χ1v) is 6.50. The largest absolute Gasteiger partial charge is 0.356 e. The van der Waals surface area contributed by atoms with Gasteiger partial charge in [-0.15, -0.1) is 0 Å². The lowest BCUT2D eigenvalue weighted by molar-refractivity contribution is 0.459. The Kier molecular flexibility index (Phi) is 2.80. The fourth-order valence-electron chi connectivity index (χ4n) is 1.73. The van der Waals surface area contributed by atoms with E-state index in [2.05, 4.69) is 33.8 Å². The Bertz CT molecular complexity index is 675. The minimum atomic E-state index is 0.719. The van der Waals surface area contributed by atoms with Gasteiger partial charge in [0.2, 0.25) is 0 Å². The van der Waals surface area contributed by atoms with Crippen LogP contribution in [0.5, 0.6) is 0 Å². The van der Waals surface area contributed by atoms with Crippen LogP contribution in [0.25, 0.3) is 22.2 Å². The number of aromatic nitrogens is 1. The fourth-order valence-corrected chi connectivity index (χ4v) is 2.34. The number of hydrogen-bond donors (Lipinski definition) is 0. The summed E-state index contributed by atoms with van der Waals surface area (Å²) in [5, 5.41) is 5.86. The molecule has 0 aliphatic carbocycles. The van der Waals surface area contributed by atoms with Gasteiger partial charge >= 0.3 is 0 Å². The molecule has 1 aromatic heterocycles. The number of rotatable bonds is 1. The van der Waals surface area contributed by atoms with Gasteiger partial charge in [-0.3, -0.25) is 0 Å². The average molecular weight is 356 g/mol. The van der Waals surface area contributed by atoms with Crippen molar-refractivity contribution in [1.82, 2.24) is 5.16 Å². The number of nitrogens with zero attached hydrogens (tertiary/aromatic N) is 1. The zero-order valence-corrected chi connectivity index (χ0v) is 11.6. The van der Waals surface area contributed by atoms with Gasteiger partial charge < -0.3 is 4.52 Å². The standard InChI is InChI=1S/C13H7ClINO/c14-9-3-1-8(2-4-9)13-11-7-10(15)5-6-12(11)17-16-13/h1-7H. The Morgan fingerprint density at radius 1 is 1.06 bits per heavy atom. The van der Waals surface area contributed by atoms with Crippen LogP contribution in [-0.2, 0) is 0 Å². The molecule has 0 spiro atoms. The molecule has 0 amide bonds. The Morgan fingerprint density at radius 3 is 2.59 bits per heavy atom. The van der Waals surface area contributed by atoms with Crippen molar-refractivity contribution in [3.8, 4) is 11.3 Å². The van der Waals surface area contributed by atoms with Gasteiger partial charge in [-0.05, 0) is 52.9 Å². The lowest BCUT2D eigenvalue weighted by Crippen LogP contribution is -1.78. The molecule has 17 heavy (non-hydrogen) atoms. The summed E-state index contributed by atoms with van der Waals surface area (Å²) in [4.78, 5) is 0. The monoisotopic (exact) mass is 355 g/mol. The number of hydrogen-bond acceptors (Lipinski definition) is 2. The summed E-state index contributed by atoms with van der Waals surface area (Å²) in [5.74, 6) is 0. The predicted octanol–water partition coefficient (Wildman–Crippen LogP) is 4.75. The minimum absolute atomic E-state index is 0.719. The van der Waals surface area contributed by atoms with Crippen LogP contribution in [0.15, 0.2) is 47.0 Å². The SMILES string of the molecule is Clc1ccc(-c2noc3ccc(I)cc23)cc1. The van der Waals surface area contributed by atoms with Crippen molar-refractivity contribution in [1.29, 1.82) is 0 Å². The molecule has 0 N–H and O–H groups in total. The smallest absolute Gasteiger partial charge is 0.167 e. The first-order valence-electron chi connectivity index (χ1n) is 5.05. The van der Waals surface area contributed by atoms with Crippen molar-refractivity contribution in [2.24, 2.45) is 0 Å². The number of fused-ring (bicyclic) bond motifs is 1. The Labute approximate surface area is 117 Å². The van der Waals surface area contributed by atoms with E-state index in [9.17, 15) is 0 Å². The van der Waals surface area contributed by atoms with Gasteiger partial charge in [0.1, 0.15) is 5.69 Å². The summed E-state index contributed by atoms with van der Waals surface area (Å²) in [5.41, 5.74) is 2.67.